The van der Waals surface area contributed by atoms with E-state index in [-0.39, 0.29) is 11.9 Å². The van der Waals surface area contributed by atoms with Gasteiger partial charge in [0.1, 0.15) is 11.9 Å². The van der Waals surface area contributed by atoms with E-state index in [4.69, 9.17) is 4.74 Å². The molecule has 0 bridgehead atoms. The first-order valence-electron chi connectivity index (χ1n) is 5.13. The van der Waals surface area contributed by atoms with Crippen LogP contribution in [0.3, 0.4) is 0 Å². The molecule has 1 aromatic carbocycles. The van der Waals surface area contributed by atoms with E-state index in [0.717, 1.165) is 17.7 Å². The van der Waals surface area contributed by atoms with Crippen LogP contribution in [0, 0.1) is 0 Å². The molecule has 0 spiro atoms. The molecule has 0 aromatic heterocycles. The topological polar surface area (TPSA) is 26.3 Å². The van der Waals surface area contributed by atoms with Crippen LogP contribution in [-0.4, -0.2) is 11.9 Å². The zero-order valence-electron chi connectivity index (χ0n) is 8.99. The van der Waals surface area contributed by atoms with E-state index < -0.39 is 0 Å². The maximum Gasteiger partial charge on any atom is 0.152 e. The van der Waals surface area contributed by atoms with E-state index in [0.29, 0.717) is 0 Å². The van der Waals surface area contributed by atoms with Crippen LogP contribution in [0.15, 0.2) is 24.3 Å². The fraction of sp³-hybridized carbons (Fsp3) is 0.308. The highest BCUT2D eigenvalue weighted by molar-refractivity contribution is 5.91. The van der Waals surface area contributed by atoms with Crippen molar-refractivity contribution in [3.63, 3.8) is 0 Å². The molecule has 1 heterocycles. The van der Waals surface area contributed by atoms with Crippen molar-refractivity contribution in [3.8, 4) is 5.75 Å². The molecular formula is C13H14O2. The number of hydrogen-bond donors (Lipinski definition) is 0. The third kappa shape index (κ3) is 2.27. The molecule has 2 nitrogen and oxygen atoms in total. The molecule has 15 heavy (non-hydrogen) atoms. The van der Waals surface area contributed by atoms with Crippen LogP contribution in [0.2, 0.25) is 0 Å². The second-order valence-corrected chi connectivity index (χ2v) is 3.94. The van der Waals surface area contributed by atoms with Crippen LogP contribution in [-0.2, 0) is 11.2 Å². The van der Waals surface area contributed by atoms with Crippen LogP contribution < -0.4 is 4.74 Å². The summed E-state index contributed by atoms with van der Waals surface area (Å²) < 4.78 is 5.60. The molecular weight excluding hydrogens is 188 g/mol. The minimum absolute atomic E-state index is 0.0696. The largest absolute Gasteiger partial charge is 0.490 e. The van der Waals surface area contributed by atoms with Gasteiger partial charge < -0.3 is 4.74 Å². The summed E-state index contributed by atoms with van der Waals surface area (Å²) in [7, 11) is 0. The molecule has 0 aliphatic carbocycles. The van der Waals surface area contributed by atoms with E-state index in [1.807, 2.05) is 18.2 Å². The average molecular weight is 202 g/mol. The first-order valence-corrected chi connectivity index (χ1v) is 5.13. The van der Waals surface area contributed by atoms with Gasteiger partial charge in [0.15, 0.2) is 5.78 Å². The maximum absolute atomic E-state index is 10.8. The van der Waals surface area contributed by atoms with E-state index in [1.165, 1.54) is 5.56 Å². The Kier molecular flexibility index (Phi) is 2.58. The number of allylic oxidation sites excluding steroid dienone is 1. The molecule has 1 unspecified atom stereocenters. The molecule has 2 rings (SSSR count). The fourth-order valence-corrected chi connectivity index (χ4v) is 1.76. The molecule has 1 atom stereocenters. The number of carbonyl (C=O) groups is 1. The summed E-state index contributed by atoms with van der Waals surface area (Å²) in [6.45, 7) is 3.61. The molecule has 0 radical (unpaired) electrons. The zero-order chi connectivity index (χ0) is 10.8. The predicted octanol–water partition coefficient (Wildman–Crippen LogP) is 2.61. The Morgan fingerprint density at radius 1 is 1.53 bits per heavy atom. The number of ketones is 1. The third-order valence-corrected chi connectivity index (χ3v) is 2.43. The first kappa shape index (κ1) is 9.97. The van der Waals surface area contributed by atoms with E-state index in [9.17, 15) is 4.79 Å². The van der Waals surface area contributed by atoms with Crippen molar-refractivity contribution >= 4 is 11.9 Å². The average Bonchev–Trinajstić information content (AvgIpc) is 2.53. The molecule has 0 saturated carbocycles. The fourth-order valence-electron chi connectivity index (χ4n) is 1.76. The lowest BCUT2D eigenvalue weighted by atomic mass is 10.1. The van der Waals surface area contributed by atoms with Gasteiger partial charge in [0, 0.05) is 6.42 Å². The maximum atomic E-state index is 10.8. The number of fused-ring (bicyclic) bond motifs is 1. The van der Waals surface area contributed by atoms with Crippen molar-refractivity contribution in [1.29, 1.82) is 0 Å². The number of rotatable bonds is 2. The molecule has 0 saturated heterocycles. The third-order valence-electron chi connectivity index (χ3n) is 2.43. The minimum atomic E-state index is 0.0696. The summed E-state index contributed by atoms with van der Waals surface area (Å²) in [6.07, 6.45) is 4.65. The monoisotopic (exact) mass is 202 g/mol. The van der Waals surface area contributed by atoms with Gasteiger partial charge in [0.2, 0.25) is 0 Å². The summed E-state index contributed by atoms with van der Waals surface area (Å²) in [4.78, 5) is 10.8. The van der Waals surface area contributed by atoms with Crippen LogP contribution in [0.4, 0.5) is 0 Å². The van der Waals surface area contributed by atoms with E-state index in [2.05, 4.69) is 13.0 Å². The van der Waals surface area contributed by atoms with Crippen LogP contribution in [0.25, 0.3) is 6.08 Å². The Morgan fingerprint density at radius 2 is 2.33 bits per heavy atom. The second-order valence-electron chi connectivity index (χ2n) is 3.94. The van der Waals surface area contributed by atoms with Gasteiger partial charge >= 0.3 is 0 Å². The summed E-state index contributed by atoms with van der Waals surface area (Å²) in [5.74, 6) is 1.04. The lowest BCUT2D eigenvalue weighted by molar-refractivity contribution is -0.112. The van der Waals surface area contributed by atoms with Gasteiger partial charge in [-0.3, -0.25) is 4.79 Å². The second kappa shape index (κ2) is 3.89. The van der Waals surface area contributed by atoms with Gasteiger partial charge in [0.05, 0.1) is 0 Å². The van der Waals surface area contributed by atoms with Crippen molar-refractivity contribution in [2.75, 3.05) is 0 Å². The minimum Gasteiger partial charge on any atom is -0.490 e. The zero-order valence-corrected chi connectivity index (χ0v) is 8.99. The molecule has 0 amide bonds. The molecule has 1 aliphatic rings. The van der Waals surface area contributed by atoms with Gasteiger partial charge in [-0.1, -0.05) is 12.1 Å². The predicted molar refractivity (Wildman–Crippen MR) is 60.0 cm³/mol. The lowest BCUT2D eigenvalue weighted by Gasteiger charge is -2.01. The Balaban J connectivity index is 2.23. The van der Waals surface area contributed by atoms with E-state index >= 15 is 0 Å². The number of hydrogen-bond acceptors (Lipinski definition) is 2. The molecule has 0 fully saturated rings. The number of ether oxygens (including phenoxy) is 1. The van der Waals surface area contributed by atoms with Crippen molar-refractivity contribution in [2.24, 2.45) is 0 Å². The van der Waals surface area contributed by atoms with Crippen LogP contribution >= 0.6 is 0 Å². The van der Waals surface area contributed by atoms with Crippen molar-refractivity contribution in [2.45, 2.75) is 26.4 Å². The Labute approximate surface area is 89.6 Å². The number of benzene rings is 1. The SMILES string of the molecule is CC(=O)C=Cc1ccc2c(c1)CC(C)O2. The highest BCUT2D eigenvalue weighted by Crippen LogP contribution is 2.29. The summed E-state index contributed by atoms with van der Waals surface area (Å²) in [5.41, 5.74) is 2.29. The molecule has 0 N–H and O–H groups in total. The standard InChI is InChI=1S/C13H14O2/c1-9(14)3-4-11-5-6-13-12(8-11)7-10(2)15-13/h3-6,8,10H,7H2,1-2H3. The summed E-state index contributed by atoms with van der Waals surface area (Å²) in [6, 6.07) is 6.02. The van der Waals surface area contributed by atoms with Gasteiger partial charge in [0.25, 0.3) is 0 Å². The molecule has 78 valence electrons. The first-order chi connectivity index (χ1) is 7.15. The number of carbonyl (C=O) groups excluding carboxylic acids is 1. The molecule has 1 aliphatic heterocycles. The highest BCUT2D eigenvalue weighted by atomic mass is 16.5. The van der Waals surface area contributed by atoms with Crippen molar-refractivity contribution in [3.05, 3.63) is 35.4 Å². The quantitative estimate of drug-likeness (QED) is 0.689. The van der Waals surface area contributed by atoms with Gasteiger partial charge in [-0.15, -0.1) is 0 Å². The van der Waals surface area contributed by atoms with Gasteiger partial charge in [-0.05, 0) is 43.2 Å². The molecule has 2 heteroatoms. The Morgan fingerprint density at radius 3 is 3.07 bits per heavy atom. The molecule has 1 aromatic rings. The highest BCUT2D eigenvalue weighted by Gasteiger charge is 2.18. The Bertz CT molecular complexity index is 419. The van der Waals surface area contributed by atoms with Crippen molar-refractivity contribution < 1.29 is 9.53 Å². The summed E-state index contributed by atoms with van der Waals surface area (Å²) >= 11 is 0. The van der Waals surface area contributed by atoms with Crippen molar-refractivity contribution in [1.82, 2.24) is 0 Å². The normalized spacial score (nSPS) is 18.9. The van der Waals surface area contributed by atoms with Crippen LogP contribution in [0.5, 0.6) is 5.75 Å². The van der Waals surface area contributed by atoms with Gasteiger partial charge in [-0.25, -0.2) is 0 Å². The smallest absolute Gasteiger partial charge is 0.152 e. The Hall–Kier alpha value is -1.57. The lowest BCUT2D eigenvalue weighted by Crippen LogP contribution is -2.05. The van der Waals surface area contributed by atoms with E-state index in [1.54, 1.807) is 13.0 Å². The summed E-state index contributed by atoms with van der Waals surface area (Å²) in [5, 5.41) is 0. The van der Waals surface area contributed by atoms with Crippen LogP contribution in [0.1, 0.15) is 25.0 Å². The van der Waals surface area contributed by atoms with Gasteiger partial charge in [-0.2, -0.15) is 0 Å².